The van der Waals surface area contributed by atoms with Crippen LogP contribution in [0.3, 0.4) is 0 Å². The van der Waals surface area contributed by atoms with E-state index in [1.54, 1.807) is 0 Å². The van der Waals surface area contributed by atoms with Gasteiger partial charge in [-0.1, -0.05) is 11.6 Å². The number of benzene rings is 1. The van der Waals surface area contributed by atoms with E-state index in [0.29, 0.717) is 0 Å². The molecule has 0 aliphatic rings. The highest BCUT2D eigenvalue weighted by Crippen LogP contribution is 2.29. The molecule has 0 saturated heterocycles. The average Bonchev–Trinajstić information content (AvgIpc) is 2.32. The molecule has 3 nitrogen and oxygen atoms in total. The van der Waals surface area contributed by atoms with Crippen LogP contribution in [0.4, 0.5) is 29.1 Å². The number of hydrogen-bond acceptors (Lipinski definition) is 3. The predicted molar refractivity (Wildman–Crippen MR) is 69.4 cm³/mol. The van der Waals surface area contributed by atoms with Crippen LogP contribution in [-0.2, 0) is 6.18 Å². The lowest BCUT2D eigenvalue weighted by atomic mass is 10.3. The van der Waals surface area contributed by atoms with E-state index in [2.05, 4.69) is 31.2 Å². The van der Waals surface area contributed by atoms with Crippen LogP contribution in [-0.4, -0.2) is 9.97 Å². The molecular weight excluding hydrogens is 365 g/mol. The summed E-state index contributed by atoms with van der Waals surface area (Å²) in [5, 5.41) is 2.16. The van der Waals surface area contributed by atoms with Gasteiger partial charge in [0.1, 0.15) is 16.8 Å². The van der Waals surface area contributed by atoms with Gasteiger partial charge in [-0.3, -0.25) is 0 Å². The van der Waals surface area contributed by atoms with Gasteiger partial charge in [-0.15, -0.1) is 0 Å². The Balaban J connectivity index is 2.33. The summed E-state index contributed by atoms with van der Waals surface area (Å²) in [4.78, 5) is 6.37. The van der Waals surface area contributed by atoms with Gasteiger partial charge in [0.15, 0.2) is 0 Å². The van der Waals surface area contributed by atoms with Crippen LogP contribution in [0.15, 0.2) is 28.7 Å². The van der Waals surface area contributed by atoms with Crippen LogP contribution in [0, 0.1) is 5.82 Å². The Kier molecular flexibility index (Phi) is 4.14. The van der Waals surface area contributed by atoms with E-state index in [1.165, 1.54) is 12.1 Å². The molecule has 0 spiro atoms. The molecule has 2 aromatic rings. The minimum absolute atomic E-state index is 0.181. The Labute approximate surface area is 124 Å². The van der Waals surface area contributed by atoms with Gasteiger partial charge in [0, 0.05) is 11.8 Å². The Hall–Kier alpha value is -1.41. The van der Waals surface area contributed by atoms with Crippen molar-refractivity contribution in [1.82, 2.24) is 9.97 Å². The van der Waals surface area contributed by atoms with Crippen LogP contribution >= 0.6 is 27.5 Å². The van der Waals surface area contributed by atoms with Gasteiger partial charge in [0.2, 0.25) is 5.82 Å². The van der Waals surface area contributed by atoms with Gasteiger partial charge < -0.3 is 5.32 Å². The van der Waals surface area contributed by atoms with Crippen LogP contribution in [0.25, 0.3) is 0 Å². The lowest BCUT2D eigenvalue weighted by Crippen LogP contribution is -2.12. The highest BCUT2D eigenvalue weighted by molar-refractivity contribution is 9.10. The number of nitrogens with zero attached hydrogens (tertiary/aromatic N) is 2. The molecule has 9 heteroatoms. The van der Waals surface area contributed by atoms with E-state index in [4.69, 9.17) is 11.6 Å². The summed E-state index contributed by atoms with van der Waals surface area (Å²) in [6.07, 6.45) is -4.72. The van der Waals surface area contributed by atoms with Crippen molar-refractivity contribution < 1.29 is 17.6 Å². The Morgan fingerprint density at radius 1 is 1.15 bits per heavy atom. The summed E-state index contributed by atoms with van der Waals surface area (Å²) < 4.78 is 51.1. The zero-order valence-corrected chi connectivity index (χ0v) is 11.8. The van der Waals surface area contributed by atoms with Crippen molar-refractivity contribution in [3.8, 4) is 0 Å². The number of hydrogen-bond donors (Lipinski definition) is 1. The fourth-order valence-electron chi connectivity index (χ4n) is 1.33. The molecule has 1 heterocycles. The molecule has 1 aromatic carbocycles. The zero-order valence-electron chi connectivity index (χ0n) is 9.47. The summed E-state index contributed by atoms with van der Waals surface area (Å²) >= 11 is 8.47. The molecule has 0 unspecified atom stereocenters. The fraction of sp³-hybridized carbons (Fsp3) is 0.0909. The number of alkyl halides is 3. The van der Waals surface area contributed by atoms with Crippen LogP contribution in [0.2, 0.25) is 5.15 Å². The smallest absolute Gasteiger partial charge is 0.340 e. The fourth-order valence-corrected chi connectivity index (χ4v) is 1.76. The molecule has 0 bridgehead atoms. The molecule has 0 amide bonds. The molecule has 1 aromatic heterocycles. The number of aromatic nitrogens is 2. The number of halogens is 6. The van der Waals surface area contributed by atoms with E-state index < -0.39 is 17.8 Å². The van der Waals surface area contributed by atoms with Gasteiger partial charge in [0.25, 0.3) is 0 Å². The third-order valence-corrected chi connectivity index (χ3v) is 2.98. The van der Waals surface area contributed by atoms with E-state index in [-0.39, 0.29) is 21.1 Å². The molecule has 0 saturated carbocycles. The van der Waals surface area contributed by atoms with Crippen molar-refractivity contribution >= 4 is 39.0 Å². The van der Waals surface area contributed by atoms with Crippen molar-refractivity contribution in [1.29, 1.82) is 0 Å². The molecule has 0 aliphatic heterocycles. The van der Waals surface area contributed by atoms with Gasteiger partial charge in [0.05, 0.1) is 4.47 Å². The minimum atomic E-state index is -4.72. The molecule has 0 aliphatic carbocycles. The third kappa shape index (κ3) is 3.57. The standard InChI is InChI=1S/C11H5BrClF4N3/c12-6-2-1-5(3-7(6)14)18-9-4-8(13)19-10(20-9)11(15,16)17/h1-4H,(H,18,19,20). The number of anilines is 2. The van der Waals surface area contributed by atoms with Crippen LogP contribution < -0.4 is 5.32 Å². The topological polar surface area (TPSA) is 37.8 Å². The van der Waals surface area contributed by atoms with Crippen molar-refractivity contribution in [3.63, 3.8) is 0 Å². The van der Waals surface area contributed by atoms with Gasteiger partial charge in [-0.05, 0) is 34.1 Å². The molecule has 2 rings (SSSR count). The SMILES string of the molecule is Fc1cc(Nc2cc(Cl)nc(C(F)(F)F)n2)ccc1Br. The second kappa shape index (κ2) is 5.53. The third-order valence-electron chi connectivity index (χ3n) is 2.14. The number of rotatable bonds is 2. The Morgan fingerprint density at radius 2 is 1.85 bits per heavy atom. The summed E-state index contributed by atoms with van der Waals surface area (Å²) in [7, 11) is 0. The first-order valence-electron chi connectivity index (χ1n) is 5.09. The monoisotopic (exact) mass is 369 g/mol. The minimum Gasteiger partial charge on any atom is -0.340 e. The maximum Gasteiger partial charge on any atom is 0.451 e. The predicted octanol–water partition coefficient (Wildman–Crippen LogP) is 4.79. The molecule has 0 fully saturated rings. The maximum atomic E-state index is 13.3. The second-order valence-electron chi connectivity index (χ2n) is 3.65. The summed E-state index contributed by atoms with van der Waals surface area (Å²) in [5.41, 5.74) is 0.230. The largest absolute Gasteiger partial charge is 0.451 e. The lowest BCUT2D eigenvalue weighted by molar-refractivity contribution is -0.144. The van der Waals surface area contributed by atoms with Gasteiger partial charge in [-0.25, -0.2) is 14.4 Å². The highest BCUT2D eigenvalue weighted by atomic mass is 79.9. The van der Waals surface area contributed by atoms with Crippen molar-refractivity contribution in [2.75, 3.05) is 5.32 Å². The summed E-state index contributed by atoms with van der Waals surface area (Å²) in [5.74, 6) is -2.12. The molecule has 1 N–H and O–H groups in total. The molecule has 106 valence electrons. The molecule has 0 atom stereocenters. The highest BCUT2D eigenvalue weighted by Gasteiger charge is 2.35. The second-order valence-corrected chi connectivity index (χ2v) is 4.89. The zero-order chi connectivity index (χ0) is 14.9. The quantitative estimate of drug-likeness (QED) is 0.610. The van der Waals surface area contributed by atoms with E-state index in [1.807, 2.05) is 0 Å². The van der Waals surface area contributed by atoms with Gasteiger partial charge in [-0.2, -0.15) is 13.2 Å². The Morgan fingerprint density at radius 3 is 2.45 bits per heavy atom. The van der Waals surface area contributed by atoms with Crippen LogP contribution in [0.5, 0.6) is 0 Å². The molecule has 20 heavy (non-hydrogen) atoms. The maximum absolute atomic E-state index is 13.3. The van der Waals surface area contributed by atoms with Crippen LogP contribution in [0.1, 0.15) is 5.82 Å². The van der Waals surface area contributed by atoms with Crippen molar-refractivity contribution in [2.45, 2.75) is 6.18 Å². The molecular formula is C11H5BrClF4N3. The number of nitrogens with one attached hydrogen (secondary N) is 1. The first-order chi connectivity index (χ1) is 9.25. The van der Waals surface area contributed by atoms with E-state index >= 15 is 0 Å². The van der Waals surface area contributed by atoms with E-state index in [0.717, 1.165) is 12.1 Å². The van der Waals surface area contributed by atoms with Crippen molar-refractivity contribution in [3.05, 3.63) is 45.5 Å². The molecule has 0 radical (unpaired) electrons. The first-order valence-corrected chi connectivity index (χ1v) is 6.26. The lowest BCUT2D eigenvalue weighted by Gasteiger charge is -2.10. The van der Waals surface area contributed by atoms with E-state index in [9.17, 15) is 17.6 Å². The summed E-state index contributed by atoms with van der Waals surface area (Å²) in [6, 6.07) is 5.09. The normalized spacial score (nSPS) is 11.5. The first kappa shape index (κ1) is 15.0. The Bertz CT molecular complexity index is 648. The average molecular weight is 371 g/mol. The summed E-state index contributed by atoms with van der Waals surface area (Å²) in [6.45, 7) is 0. The van der Waals surface area contributed by atoms with Gasteiger partial charge >= 0.3 is 6.18 Å². The van der Waals surface area contributed by atoms with Crippen molar-refractivity contribution in [2.24, 2.45) is 0 Å².